The van der Waals surface area contributed by atoms with Crippen molar-refractivity contribution >= 4 is 15.5 Å². The summed E-state index contributed by atoms with van der Waals surface area (Å²) in [4.78, 5) is 10.2. The predicted octanol–water partition coefficient (Wildman–Crippen LogP) is 1.21. The molecule has 0 saturated carbocycles. The Labute approximate surface area is 126 Å². The molecule has 0 aliphatic rings. The third-order valence-corrected chi connectivity index (χ3v) is 4.57. The molecule has 116 valence electrons. The van der Waals surface area contributed by atoms with Crippen LogP contribution in [0.5, 0.6) is 5.75 Å². The van der Waals surface area contributed by atoms with Crippen molar-refractivity contribution in [3.63, 3.8) is 0 Å². The molecule has 0 unspecified atom stereocenters. The Balaban J connectivity index is 2.47. The SMILES string of the molecule is COc1ccc([N+](=O)[O-])cc1CS(=O)(=O)c1cccc[n+]1[O-]. The molecule has 22 heavy (non-hydrogen) atoms. The fourth-order valence-corrected chi connectivity index (χ4v) is 3.33. The molecule has 0 spiro atoms. The summed E-state index contributed by atoms with van der Waals surface area (Å²) in [5.74, 6) is -0.382. The molecule has 2 rings (SSSR count). The zero-order valence-corrected chi connectivity index (χ0v) is 12.3. The fraction of sp³-hybridized carbons (Fsp3) is 0.154. The summed E-state index contributed by atoms with van der Waals surface area (Å²) in [6.07, 6.45) is 1.07. The quantitative estimate of drug-likeness (QED) is 0.353. The first kappa shape index (κ1) is 15.7. The zero-order valence-electron chi connectivity index (χ0n) is 11.5. The fourth-order valence-electron chi connectivity index (χ4n) is 1.92. The van der Waals surface area contributed by atoms with Crippen LogP contribution in [0.2, 0.25) is 0 Å². The van der Waals surface area contributed by atoms with E-state index in [1.165, 1.54) is 37.4 Å². The molecule has 0 radical (unpaired) electrons. The van der Waals surface area contributed by atoms with E-state index in [0.29, 0.717) is 0 Å². The number of nitro groups is 1. The topological polar surface area (TPSA) is 113 Å². The van der Waals surface area contributed by atoms with Gasteiger partial charge in [-0.15, -0.1) is 0 Å². The third-order valence-electron chi connectivity index (χ3n) is 2.93. The number of rotatable bonds is 5. The van der Waals surface area contributed by atoms with Crippen LogP contribution in [-0.4, -0.2) is 20.5 Å². The first-order chi connectivity index (χ1) is 10.3. The lowest BCUT2D eigenvalue weighted by atomic mass is 10.2. The van der Waals surface area contributed by atoms with E-state index in [0.717, 1.165) is 12.3 Å². The highest BCUT2D eigenvalue weighted by Crippen LogP contribution is 2.27. The molecule has 1 aromatic heterocycles. The van der Waals surface area contributed by atoms with Crippen LogP contribution in [0.1, 0.15) is 5.56 Å². The lowest BCUT2D eigenvalue weighted by molar-refractivity contribution is -0.646. The minimum Gasteiger partial charge on any atom is -0.618 e. The van der Waals surface area contributed by atoms with Crippen molar-refractivity contribution in [3.05, 3.63) is 63.5 Å². The maximum absolute atomic E-state index is 12.3. The summed E-state index contributed by atoms with van der Waals surface area (Å²) in [5.41, 5.74) is -0.144. The molecule has 0 aliphatic carbocycles. The van der Waals surface area contributed by atoms with Gasteiger partial charge in [-0.2, -0.15) is 4.73 Å². The first-order valence-corrected chi connectivity index (χ1v) is 7.72. The minimum absolute atomic E-state index is 0.112. The monoisotopic (exact) mass is 324 g/mol. The third kappa shape index (κ3) is 3.14. The van der Waals surface area contributed by atoms with Gasteiger partial charge in [0.25, 0.3) is 5.69 Å². The number of aromatic nitrogens is 1. The Bertz CT molecular complexity index is 819. The highest BCUT2D eigenvalue weighted by atomic mass is 32.2. The van der Waals surface area contributed by atoms with Crippen molar-refractivity contribution in [3.8, 4) is 5.75 Å². The standard InChI is InChI=1S/C13H12N2O6S/c1-21-12-6-5-11(15(17)18)8-10(12)9-22(19,20)13-4-2-3-7-14(13)16/h2-8H,9H2,1H3. The van der Waals surface area contributed by atoms with Crippen molar-refractivity contribution < 1.29 is 22.8 Å². The van der Waals surface area contributed by atoms with Gasteiger partial charge in [0, 0.05) is 29.8 Å². The number of benzene rings is 1. The Morgan fingerprint density at radius 1 is 1.27 bits per heavy atom. The lowest BCUT2D eigenvalue weighted by Gasteiger charge is -2.09. The van der Waals surface area contributed by atoms with E-state index in [1.54, 1.807) is 0 Å². The van der Waals surface area contributed by atoms with Crippen LogP contribution in [-0.2, 0) is 15.6 Å². The van der Waals surface area contributed by atoms with E-state index in [1.807, 2.05) is 0 Å². The molecule has 0 aliphatic heterocycles. The second-order valence-corrected chi connectivity index (χ2v) is 6.31. The molecule has 0 bridgehead atoms. The molecule has 2 aromatic rings. The van der Waals surface area contributed by atoms with Crippen molar-refractivity contribution in [2.24, 2.45) is 0 Å². The van der Waals surface area contributed by atoms with Crippen LogP contribution in [0, 0.1) is 15.3 Å². The summed E-state index contributed by atoms with van der Waals surface area (Å²) in [7, 11) is -2.64. The Hall–Kier alpha value is -2.68. The van der Waals surface area contributed by atoms with Crippen LogP contribution in [0.15, 0.2) is 47.6 Å². The normalized spacial score (nSPS) is 11.1. The van der Waals surface area contributed by atoms with Crippen LogP contribution < -0.4 is 9.47 Å². The zero-order chi connectivity index (χ0) is 16.3. The van der Waals surface area contributed by atoms with Crippen molar-refractivity contribution in [2.75, 3.05) is 7.11 Å². The summed E-state index contributed by atoms with van der Waals surface area (Å²) >= 11 is 0. The van der Waals surface area contributed by atoms with Crippen molar-refractivity contribution in [1.29, 1.82) is 0 Å². The second kappa shape index (κ2) is 5.98. The number of non-ortho nitro benzene ring substituents is 1. The van der Waals surface area contributed by atoms with Crippen LogP contribution in [0.3, 0.4) is 0 Å². The average molecular weight is 324 g/mol. The van der Waals surface area contributed by atoms with E-state index in [4.69, 9.17) is 4.74 Å². The number of pyridine rings is 1. The Morgan fingerprint density at radius 3 is 2.59 bits per heavy atom. The highest BCUT2D eigenvalue weighted by Gasteiger charge is 2.26. The van der Waals surface area contributed by atoms with Crippen LogP contribution in [0.25, 0.3) is 0 Å². The van der Waals surface area contributed by atoms with Gasteiger partial charge in [0.1, 0.15) is 5.75 Å². The molecule has 8 nitrogen and oxygen atoms in total. The largest absolute Gasteiger partial charge is 0.618 e. The molecule has 9 heteroatoms. The minimum atomic E-state index is -3.97. The van der Waals surface area contributed by atoms with Gasteiger partial charge in [-0.25, -0.2) is 8.42 Å². The molecule has 0 N–H and O–H groups in total. The average Bonchev–Trinajstić information content (AvgIpc) is 2.47. The van der Waals surface area contributed by atoms with Crippen molar-refractivity contribution in [2.45, 2.75) is 10.8 Å². The number of methoxy groups -OCH3 is 1. The first-order valence-electron chi connectivity index (χ1n) is 6.07. The molecule has 0 saturated heterocycles. The second-order valence-electron chi connectivity index (χ2n) is 4.38. The lowest BCUT2D eigenvalue weighted by Crippen LogP contribution is -2.33. The van der Waals surface area contributed by atoms with E-state index < -0.39 is 25.5 Å². The molecule has 1 heterocycles. The van der Waals surface area contributed by atoms with Gasteiger partial charge in [0.2, 0.25) is 9.84 Å². The molecule has 0 fully saturated rings. The van der Waals surface area contributed by atoms with Gasteiger partial charge >= 0.3 is 5.03 Å². The predicted molar refractivity (Wildman–Crippen MR) is 75.9 cm³/mol. The van der Waals surface area contributed by atoms with Gasteiger partial charge in [0.05, 0.1) is 17.8 Å². The molecular weight excluding hydrogens is 312 g/mol. The van der Waals surface area contributed by atoms with E-state index in [-0.39, 0.29) is 21.7 Å². The maximum atomic E-state index is 12.3. The summed E-state index contributed by atoms with van der Waals surface area (Å²) in [6, 6.07) is 7.65. The highest BCUT2D eigenvalue weighted by molar-refractivity contribution is 7.90. The van der Waals surface area contributed by atoms with Crippen LogP contribution >= 0.6 is 0 Å². The number of hydrogen-bond donors (Lipinski definition) is 0. The number of nitrogens with zero attached hydrogens (tertiary/aromatic N) is 2. The molecule has 0 amide bonds. The molecule has 0 atom stereocenters. The summed E-state index contributed by atoms with van der Waals surface area (Å²) < 4.78 is 29.9. The number of sulfone groups is 1. The van der Waals surface area contributed by atoms with Gasteiger partial charge < -0.3 is 9.94 Å². The molecule has 1 aromatic carbocycles. The summed E-state index contributed by atoms with van der Waals surface area (Å²) in [6.45, 7) is 0. The number of ether oxygens (including phenoxy) is 1. The number of nitro benzene ring substituents is 1. The maximum Gasteiger partial charge on any atom is 0.308 e. The van der Waals surface area contributed by atoms with Gasteiger partial charge in [0.15, 0.2) is 6.20 Å². The van der Waals surface area contributed by atoms with E-state index in [2.05, 4.69) is 0 Å². The number of hydrogen-bond acceptors (Lipinski definition) is 6. The van der Waals surface area contributed by atoms with Gasteiger partial charge in [-0.05, 0) is 12.1 Å². The smallest absolute Gasteiger partial charge is 0.308 e. The molecular formula is C13H12N2O6S. The van der Waals surface area contributed by atoms with Gasteiger partial charge in [-0.1, -0.05) is 0 Å². The Morgan fingerprint density at radius 2 is 2.00 bits per heavy atom. The van der Waals surface area contributed by atoms with Crippen LogP contribution in [0.4, 0.5) is 5.69 Å². The van der Waals surface area contributed by atoms with E-state index in [9.17, 15) is 23.7 Å². The van der Waals surface area contributed by atoms with E-state index >= 15 is 0 Å². The van der Waals surface area contributed by atoms with Crippen molar-refractivity contribution in [1.82, 2.24) is 0 Å². The Kier molecular flexibility index (Phi) is 4.27. The van der Waals surface area contributed by atoms with Gasteiger partial charge in [-0.3, -0.25) is 10.1 Å². The summed E-state index contributed by atoms with van der Waals surface area (Å²) in [5, 5.41) is 22.0.